The average Bonchev–Trinajstić information content (AvgIpc) is 3.23. The number of fused-ring (bicyclic) bond motifs is 1. The molecule has 1 N–H and O–H groups in total. The Balaban J connectivity index is 1.51. The minimum atomic E-state index is -0.339. The zero-order valence-corrected chi connectivity index (χ0v) is 16.2. The van der Waals surface area contributed by atoms with Gasteiger partial charge in [0.15, 0.2) is 0 Å². The van der Waals surface area contributed by atoms with Crippen molar-refractivity contribution in [1.29, 1.82) is 0 Å². The van der Waals surface area contributed by atoms with Gasteiger partial charge in [0.2, 0.25) is 5.91 Å². The molecule has 5 nitrogen and oxygen atoms in total. The van der Waals surface area contributed by atoms with E-state index in [0.717, 1.165) is 11.3 Å². The molecule has 4 rings (SSSR count). The number of amides is 1. The SMILES string of the molecule is Cc1ccc(CN2c3ccc(F)cc3OC[C@@H]2CC(=O)NCc2ccco2)cc1. The lowest BCUT2D eigenvalue weighted by atomic mass is 10.1. The number of carbonyl (C=O) groups excluding carboxylic acids is 1. The molecule has 1 amide bonds. The first-order valence-corrected chi connectivity index (χ1v) is 9.62. The van der Waals surface area contributed by atoms with Crippen molar-refractivity contribution in [2.45, 2.75) is 32.5 Å². The molecule has 1 aliphatic rings. The average molecular weight is 394 g/mol. The lowest BCUT2D eigenvalue weighted by Crippen LogP contribution is -2.45. The molecule has 1 aliphatic heterocycles. The fourth-order valence-electron chi connectivity index (χ4n) is 3.47. The van der Waals surface area contributed by atoms with Crippen molar-refractivity contribution in [3.63, 3.8) is 0 Å². The smallest absolute Gasteiger partial charge is 0.222 e. The molecule has 1 aromatic heterocycles. The Morgan fingerprint density at radius 1 is 1.21 bits per heavy atom. The van der Waals surface area contributed by atoms with E-state index in [9.17, 15) is 9.18 Å². The maximum Gasteiger partial charge on any atom is 0.222 e. The number of hydrogen-bond acceptors (Lipinski definition) is 4. The van der Waals surface area contributed by atoms with Crippen molar-refractivity contribution in [3.05, 3.63) is 83.6 Å². The van der Waals surface area contributed by atoms with Gasteiger partial charge >= 0.3 is 0 Å². The van der Waals surface area contributed by atoms with Crippen LogP contribution in [0.15, 0.2) is 65.3 Å². The number of rotatable bonds is 6. The van der Waals surface area contributed by atoms with E-state index in [1.165, 1.54) is 17.7 Å². The van der Waals surface area contributed by atoms with Crippen LogP contribution in [0.3, 0.4) is 0 Å². The van der Waals surface area contributed by atoms with Gasteiger partial charge in [-0.3, -0.25) is 4.79 Å². The van der Waals surface area contributed by atoms with Crippen molar-refractivity contribution in [2.24, 2.45) is 0 Å². The fraction of sp³-hybridized carbons (Fsp3) is 0.261. The van der Waals surface area contributed by atoms with Gasteiger partial charge in [0.1, 0.15) is 23.9 Å². The van der Waals surface area contributed by atoms with Crippen LogP contribution in [0.4, 0.5) is 10.1 Å². The van der Waals surface area contributed by atoms with Gasteiger partial charge < -0.3 is 19.4 Å². The maximum absolute atomic E-state index is 13.7. The van der Waals surface area contributed by atoms with Crippen molar-refractivity contribution in [3.8, 4) is 5.75 Å². The summed E-state index contributed by atoms with van der Waals surface area (Å²) >= 11 is 0. The minimum Gasteiger partial charge on any atom is -0.489 e. The Kier molecular flexibility index (Phi) is 5.51. The first kappa shape index (κ1) is 19.1. The molecule has 0 saturated heterocycles. The van der Waals surface area contributed by atoms with E-state index >= 15 is 0 Å². The van der Waals surface area contributed by atoms with Crippen LogP contribution in [-0.4, -0.2) is 18.6 Å². The summed E-state index contributed by atoms with van der Waals surface area (Å²) in [5, 5.41) is 2.88. The van der Waals surface area contributed by atoms with E-state index in [1.807, 2.05) is 13.0 Å². The predicted octanol–water partition coefficient (Wildman–Crippen LogP) is 4.20. The fourth-order valence-corrected chi connectivity index (χ4v) is 3.47. The van der Waals surface area contributed by atoms with E-state index in [1.54, 1.807) is 18.4 Å². The Morgan fingerprint density at radius 2 is 2.03 bits per heavy atom. The minimum absolute atomic E-state index is 0.0885. The van der Waals surface area contributed by atoms with Gasteiger partial charge in [-0.25, -0.2) is 4.39 Å². The normalized spacial score (nSPS) is 15.5. The van der Waals surface area contributed by atoms with E-state index in [2.05, 4.69) is 34.5 Å². The van der Waals surface area contributed by atoms with Crippen molar-refractivity contribution in [2.75, 3.05) is 11.5 Å². The van der Waals surface area contributed by atoms with Gasteiger partial charge in [-0.2, -0.15) is 0 Å². The topological polar surface area (TPSA) is 54.7 Å². The lowest BCUT2D eigenvalue weighted by Gasteiger charge is -2.38. The van der Waals surface area contributed by atoms with Crippen LogP contribution in [-0.2, 0) is 17.9 Å². The summed E-state index contributed by atoms with van der Waals surface area (Å²) in [5.41, 5.74) is 3.10. The molecule has 1 atom stereocenters. The highest BCUT2D eigenvalue weighted by molar-refractivity contribution is 5.77. The van der Waals surface area contributed by atoms with E-state index in [0.29, 0.717) is 31.2 Å². The van der Waals surface area contributed by atoms with Crippen LogP contribution in [0.1, 0.15) is 23.3 Å². The molecular weight excluding hydrogens is 371 g/mol. The number of aryl methyl sites for hydroxylation is 1. The monoisotopic (exact) mass is 394 g/mol. The number of furan rings is 1. The van der Waals surface area contributed by atoms with Crippen LogP contribution in [0.5, 0.6) is 5.75 Å². The van der Waals surface area contributed by atoms with Crippen molar-refractivity contribution >= 4 is 11.6 Å². The van der Waals surface area contributed by atoms with Crippen LogP contribution in [0.2, 0.25) is 0 Å². The molecule has 0 aliphatic carbocycles. The molecule has 0 bridgehead atoms. The van der Waals surface area contributed by atoms with Gasteiger partial charge in [-0.1, -0.05) is 29.8 Å². The molecule has 0 unspecified atom stereocenters. The summed E-state index contributed by atoms with van der Waals surface area (Å²) in [7, 11) is 0. The first-order valence-electron chi connectivity index (χ1n) is 9.62. The Bertz CT molecular complexity index is 970. The highest BCUT2D eigenvalue weighted by Crippen LogP contribution is 2.36. The first-order chi connectivity index (χ1) is 14.1. The molecule has 150 valence electrons. The molecule has 0 fully saturated rings. The molecule has 3 aromatic rings. The standard InChI is InChI=1S/C23H23FN2O3/c1-16-4-6-17(7-5-16)14-26-19(12-23(27)25-13-20-3-2-10-28-20)15-29-22-11-18(24)8-9-21(22)26/h2-11,19H,12-15H2,1H3,(H,25,27)/t19-/m0/s1. The Hall–Kier alpha value is -3.28. The number of ether oxygens (including phenoxy) is 1. The quantitative estimate of drug-likeness (QED) is 0.681. The van der Waals surface area contributed by atoms with Crippen molar-refractivity contribution < 1.29 is 18.3 Å². The number of hydrogen-bond donors (Lipinski definition) is 1. The lowest BCUT2D eigenvalue weighted by molar-refractivity contribution is -0.121. The zero-order chi connectivity index (χ0) is 20.2. The summed E-state index contributed by atoms with van der Waals surface area (Å²) in [6.45, 7) is 3.32. The molecule has 0 spiro atoms. The number of carbonyl (C=O) groups is 1. The summed E-state index contributed by atoms with van der Waals surface area (Å²) in [6.07, 6.45) is 1.85. The molecule has 2 aromatic carbocycles. The molecule has 0 saturated carbocycles. The second-order valence-corrected chi connectivity index (χ2v) is 7.25. The van der Waals surface area contributed by atoms with Crippen molar-refractivity contribution in [1.82, 2.24) is 5.32 Å². The number of anilines is 1. The molecule has 29 heavy (non-hydrogen) atoms. The highest BCUT2D eigenvalue weighted by atomic mass is 19.1. The number of nitrogens with one attached hydrogen (secondary N) is 1. The molecule has 0 radical (unpaired) electrons. The summed E-state index contributed by atoms with van der Waals surface area (Å²) in [4.78, 5) is 14.6. The molecule has 2 heterocycles. The molecular formula is C23H23FN2O3. The third-order valence-electron chi connectivity index (χ3n) is 5.04. The molecule has 6 heteroatoms. The van der Waals surface area contributed by atoms with Gasteiger partial charge in [-0.15, -0.1) is 0 Å². The Labute approximate surface area is 169 Å². The van der Waals surface area contributed by atoms with E-state index < -0.39 is 0 Å². The third kappa shape index (κ3) is 4.59. The van der Waals surface area contributed by atoms with Crippen LogP contribution in [0, 0.1) is 12.7 Å². The van der Waals surface area contributed by atoms with Gasteiger partial charge in [0.05, 0.1) is 31.0 Å². The number of halogens is 1. The van der Waals surface area contributed by atoms with Crippen LogP contribution < -0.4 is 15.0 Å². The number of nitrogens with zero attached hydrogens (tertiary/aromatic N) is 1. The second kappa shape index (κ2) is 8.39. The number of benzene rings is 2. The third-order valence-corrected chi connectivity index (χ3v) is 5.04. The highest BCUT2D eigenvalue weighted by Gasteiger charge is 2.29. The van der Waals surface area contributed by atoms with E-state index in [-0.39, 0.29) is 24.2 Å². The largest absolute Gasteiger partial charge is 0.489 e. The van der Waals surface area contributed by atoms with Crippen LogP contribution >= 0.6 is 0 Å². The summed E-state index contributed by atoms with van der Waals surface area (Å²) < 4.78 is 24.7. The zero-order valence-electron chi connectivity index (χ0n) is 16.2. The van der Waals surface area contributed by atoms with Crippen LogP contribution in [0.25, 0.3) is 0 Å². The predicted molar refractivity (Wildman–Crippen MR) is 108 cm³/mol. The van der Waals surface area contributed by atoms with Gasteiger partial charge in [0.25, 0.3) is 0 Å². The summed E-state index contributed by atoms with van der Waals surface area (Å²) in [6, 6.07) is 16.2. The Morgan fingerprint density at radius 3 is 2.79 bits per heavy atom. The second-order valence-electron chi connectivity index (χ2n) is 7.25. The van der Waals surface area contributed by atoms with Gasteiger partial charge in [0, 0.05) is 12.6 Å². The summed E-state index contributed by atoms with van der Waals surface area (Å²) in [5.74, 6) is 0.781. The van der Waals surface area contributed by atoms with E-state index in [4.69, 9.17) is 9.15 Å². The van der Waals surface area contributed by atoms with Gasteiger partial charge in [-0.05, 0) is 36.8 Å². The maximum atomic E-state index is 13.7.